The zero-order valence-corrected chi connectivity index (χ0v) is 17.1. The van der Waals surface area contributed by atoms with Crippen LogP contribution < -0.4 is 14.8 Å². The van der Waals surface area contributed by atoms with Crippen molar-refractivity contribution in [2.24, 2.45) is 0 Å². The zero-order chi connectivity index (χ0) is 21.2. The van der Waals surface area contributed by atoms with Gasteiger partial charge in [-0.1, -0.05) is 30.8 Å². The summed E-state index contributed by atoms with van der Waals surface area (Å²) in [5.41, 5.74) is 1.14. The molecule has 0 heterocycles. The van der Waals surface area contributed by atoms with E-state index in [1.807, 2.05) is 44.2 Å². The molecule has 0 spiro atoms. The van der Waals surface area contributed by atoms with Gasteiger partial charge in [0.1, 0.15) is 18.1 Å². The van der Waals surface area contributed by atoms with E-state index < -0.39 is 12.1 Å². The Morgan fingerprint density at radius 3 is 2.52 bits per heavy atom. The topological polar surface area (TPSA) is 83.1 Å². The minimum Gasteiger partial charge on any atom is -0.493 e. The Morgan fingerprint density at radius 1 is 1.10 bits per heavy atom. The molecule has 156 valence electrons. The van der Waals surface area contributed by atoms with Gasteiger partial charge in [-0.3, -0.25) is 0 Å². The van der Waals surface area contributed by atoms with E-state index in [1.165, 1.54) is 0 Å². The van der Waals surface area contributed by atoms with Crippen molar-refractivity contribution in [1.82, 2.24) is 5.32 Å². The van der Waals surface area contributed by atoms with Gasteiger partial charge >= 0.3 is 12.1 Å². The van der Waals surface area contributed by atoms with E-state index in [0.29, 0.717) is 17.9 Å². The molecule has 0 aliphatic rings. The predicted molar refractivity (Wildman–Crippen MR) is 110 cm³/mol. The van der Waals surface area contributed by atoms with Crippen molar-refractivity contribution >= 4 is 22.8 Å². The number of carbonyl (C=O) groups excluding carboxylic acids is 2. The van der Waals surface area contributed by atoms with Gasteiger partial charge in [0.25, 0.3) is 0 Å². The summed E-state index contributed by atoms with van der Waals surface area (Å²) in [5.74, 6) is 0.802. The number of hydrogen-bond acceptors (Lipinski definition) is 6. The number of benzene rings is 2. The molecule has 1 amide bonds. The van der Waals surface area contributed by atoms with Crippen LogP contribution in [-0.2, 0) is 14.3 Å². The Hall–Kier alpha value is -3.06. The molecule has 2 aromatic rings. The van der Waals surface area contributed by atoms with Crippen LogP contribution in [0.25, 0.3) is 10.8 Å². The van der Waals surface area contributed by atoms with Crippen LogP contribution >= 0.6 is 0 Å². The van der Waals surface area contributed by atoms with Gasteiger partial charge < -0.3 is 24.3 Å². The number of rotatable bonds is 10. The largest absolute Gasteiger partial charge is 0.493 e. The standard InChI is InChI=1S/C22H27NO6/c1-5-27-19-14-16(4)20(18-9-7-6-8-17(18)19)29-22(25)23-10-11-26-12-13-28-21(24)15(2)3/h6-9,14H,2,5,10-13H2,1,3-4H3,(H,23,25). The van der Waals surface area contributed by atoms with Crippen molar-refractivity contribution in [2.45, 2.75) is 20.8 Å². The monoisotopic (exact) mass is 401 g/mol. The van der Waals surface area contributed by atoms with Crippen LogP contribution in [0.1, 0.15) is 19.4 Å². The average molecular weight is 401 g/mol. The Morgan fingerprint density at radius 2 is 1.83 bits per heavy atom. The average Bonchev–Trinajstić information content (AvgIpc) is 2.70. The molecule has 0 fully saturated rings. The van der Waals surface area contributed by atoms with E-state index in [-0.39, 0.29) is 26.4 Å². The van der Waals surface area contributed by atoms with Gasteiger partial charge in [0.05, 0.1) is 19.8 Å². The second kappa shape index (κ2) is 11.1. The second-order valence-corrected chi connectivity index (χ2v) is 6.34. The van der Waals surface area contributed by atoms with Gasteiger partial charge in [-0.15, -0.1) is 0 Å². The highest BCUT2D eigenvalue weighted by molar-refractivity contribution is 5.95. The maximum Gasteiger partial charge on any atom is 0.412 e. The van der Waals surface area contributed by atoms with Crippen molar-refractivity contribution in [3.05, 3.63) is 48.0 Å². The third-order valence-corrected chi connectivity index (χ3v) is 3.96. The molecular formula is C22H27NO6. The summed E-state index contributed by atoms with van der Waals surface area (Å²) in [7, 11) is 0. The van der Waals surface area contributed by atoms with Gasteiger partial charge in [0, 0.05) is 22.9 Å². The Kier molecular flexibility index (Phi) is 8.48. The maximum atomic E-state index is 12.2. The number of nitrogens with one attached hydrogen (secondary N) is 1. The molecule has 0 aromatic heterocycles. The van der Waals surface area contributed by atoms with E-state index in [0.717, 1.165) is 22.1 Å². The molecule has 0 aliphatic heterocycles. The summed E-state index contributed by atoms with van der Waals surface area (Å²) < 4.78 is 21.4. The number of amides is 1. The molecule has 0 atom stereocenters. The fourth-order valence-corrected chi connectivity index (χ4v) is 2.63. The Balaban J connectivity index is 1.84. The zero-order valence-electron chi connectivity index (χ0n) is 17.1. The summed E-state index contributed by atoms with van der Waals surface area (Å²) in [6, 6.07) is 9.48. The van der Waals surface area contributed by atoms with E-state index in [1.54, 1.807) is 6.92 Å². The molecule has 1 N–H and O–H groups in total. The minimum absolute atomic E-state index is 0.132. The lowest BCUT2D eigenvalue weighted by atomic mass is 10.0. The third-order valence-electron chi connectivity index (χ3n) is 3.96. The normalized spacial score (nSPS) is 10.4. The first-order valence-electron chi connectivity index (χ1n) is 9.45. The highest BCUT2D eigenvalue weighted by Gasteiger charge is 2.14. The van der Waals surface area contributed by atoms with Crippen LogP contribution in [0, 0.1) is 6.92 Å². The number of aryl methyl sites for hydroxylation is 1. The van der Waals surface area contributed by atoms with Crippen LogP contribution in [0.5, 0.6) is 11.5 Å². The van der Waals surface area contributed by atoms with Crippen molar-refractivity contribution in [3.8, 4) is 11.5 Å². The third kappa shape index (κ3) is 6.50. The van der Waals surface area contributed by atoms with Crippen LogP contribution in [0.2, 0.25) is 0 Å². The first kappa shape index (κ1) is 22.2. The smallest absolute Gasteiger partial charge is 0.412 e. The van der Waals surface area contributed by atoms with Gasteiger partial charge in [0.2, 0.25) is 0 Å². The van der Waals surface area contributed by atoms with Crippen LogP contribution in [-0.4, -0.2) is 45.0 Å². The van der Waals surface area contributed by atoms with Crippen LogP contribution in [0.15, 0.2) is 42.5 Å². The van der Waals surface area contributed by atoms with Crippen molar-refractivity contribution in [2.75, 3.05) is 33.0 Å². The van der Waals surface area contributed by atoms with Crippen LogP contribution in [0.3, 0.4) is 0 Å². The highest BCUT2D eigenvalue weighted by atomic mass is 16.6. The number of carbonyl (C=O) groups is 2. The van der Waals surface area contributed by atoms with Crippen molar-refractivity contribution in [3.63, 3.8) is 0 Å². The lowest BCUT2D eigenvalue weighted by Crippen LogP contribution is -2.30. The van der Waals surface area contributed by atoms with Gasteiger partial charge in [0.15, 0.2) is 0 Å². The molecule has 2 rings (SSSR count). The molecule has 0 saturated heterocycles. The van der Waals surface area contributed by atoms with Gasteiger partial charge in [-0.05, 0) is 32.4 Å². The molecule has 7 heteroatoms. The molecule has 0 aliphatic carbocycles. The predicted octanol–water partition coefficient (Wildman–Crippen LogP) is 3.77. The lowest BCUT2D eigenvalue weighted by Gasteiger charge is -2.15. The Bertz CT molecular complexity index is 877. The molecule has 0 unspecified atom stereocenters. The number of esters is 1. The Labute approximate surface area is 170 Å². The van der Waals surface area contributed by atoms with Crippen molar-refractivity contribution < 1.29 is 28.5 Å². The fourth-order valence-electron chi connectivity index (χ4n) is 2.63. The van der Waals surface area contributed by atoms with E-state index >= 15 is 0 Å². The summed E-state index contributed by atoms with van der Waals surface area (Å²) >= 11 is 0. The highest BCUT2D eigenvalue weighted by Crippen LogP contribution is 2.36. The summed E-state index contributed by atoms with van der Waals surface area (Å²) in [6.07, 6.45) is -0.570. The molecular weight excluding hydrogens is 374 g/mol. The first-order valence-corrected chi connectivity index (χ1v) is 9.45. The van der Waals surface area contributed by atoms with E-state index in [2.05, 4.69) is 11.9 Å². The molecule has 0 bridgehead atoms. The summed E-state index contributed by atoms with van der Waals surface area (Å²) in [4.78, 5) is 23.4. The fraction of sp³-hybridized carbons (Fsp3) is 0.364. The second-order valence-electron chi connectivity index (χ2n) is 6.34. The molecule has 29 heavy (non-hydrogen) atoms. The summed E-state index contributed by atoms with van der Waals surface area (Å²) in [5, 5.41) is 4.33. The summed E-state index contributed by atoms with van der Waals surface area (Å²) in [6.45, 7) is 10.3. The lowest BCUT2D eigenvalue weighted by molar-refractivity contribution is -0.140. The van der Waals surface area contributed by atoms with Crippen LogP contribution in [0.4, 0.5) is 4.79 Å². The van der Waals surface area contributed by atoms with E-state index in [4.69, 9.17) is 18.9 Å². The van der Waals surface area contributed by atoms with Gasteiger partial charge in [-0.2, -0.15) is 0 Å². The molecule has 0 saturated carbocycles. The van der Waals surface area contributed by atoms with E-state index in [9.17, 15) is 9.59 Å². The minimum atomic E-state index is -0.570. The number of hydrogen-bond donors (Lipinski definition) is 1. The quantitative estimate of drug-likeness (QED) is 0.371. The van der Waals surface area contributed by atoms with Crippen molar-refractivity contribution in [1.29, 1.82) is 0 Å². The number of ether oxygens (including phenoxy) is 4. The SMILES string of the molecule is C=C(C)C(=O)OCCOCCNC(=O)Oc1c(C)cc(OCC)c2ccccc12. The van der Waals surface area contributed by atoms with Gasteiger partial charge in [-0.25, -0.2) is 9.59 Å². The molecule has 0 radical (unpaired) electrons. The first-order chi connectivity index (χ1) is 13.9. The molecule has 7 nitrogen and oxygen atoms in total. The maximum absolute atomic E-state index is 12.2. The molecule has 2 aromatic carbocycles. The number of fused-ring (bicyclic) bond motifs is 1.